The molecular formula is C25H29N5O4. The zero-order chi connectivity index (χ0) is 23.9. The number of anilines is 1. The van der Waals surface area contributed by atoms with E-state index in [9.17, 15) is 19.2 Å². The highest BCUT2D eigenvalue weighted by molar-refractivity contribution is 5.99. The van der Waals surface area contributed by atoms with Crippen LogP contribution in [-0.2, 0) is 14.4 Å². The number of Topliss-reactive ketones (excluding diaryl/α,β-unsaturated/α-hetero) is 4. The maximum atomic E-state index is 12.8. The van der Waals surface area contributed by atoms with Crippen molar-refractivity contribution in [2.75, 3.05) is 5.43 Å². The van der Waals surface area contributed by atoms with E-state index in [1.165, 1.54) is 0 Å². The molecule has 0 amide bonds. The van der Waals surface area contributed by atoms with Gasteiger partial charge in [-0.2, -0.15) is 0 Å². The highest BCUT2D eigenvalue weighted by Crippen LogP contribution is 2.28. The third-order valence-electron chi connectivity index (χ3n) is 6.57. The molecule has 4 rings (SSSR count). The molecule has 0 saturated heterocycles. The van der Waals surface area contributed by atoms with Crippen molar-refractivity contribution in [2.24, 2.45) is 5.92 Å². The van der Waals surface area contributed by atoms with Crippen LogP contribution in [0.1, 0.15) is 74.6 Å². The average molecular weight is 464 g/mol. The number of hydrogen-bond acceptors (Lipinski definition) is 9. The lowest BCUT2D eigenvalue weighted by Gasteiger charge is -2.20. The average Bonchev–Trinajstić information content (AvgIpc) is 3.33. The fourth-order valence-corrected chi connectivity index (χ4v) is 4.62. The lowest BCUT2D eigenvalue weighted by atomic mass is 9.94. The van der Waals surface area contributed by atoms with Crippen molar-refractivity contribution >= 4 is 29.0 Å². The van der Waals surface area contributed by atoms with Gasteiger partial charge in [-0.05, 0) is 30.5 Å². The van der Waals surface area contributed by atoms with E-state index >= 15 is 0 Å². The maximum absolute atomic E-state index is 12.8. The quantitative estimate of drug-likeness (QED) is 0.604. The van der Waals surface area contributed by atoms with Gasteiger partial charge in [0.1, 0.15) is 17.3 Å². The lowest BCUT2D eigenvalue weighted by molar-refractivity contribution is -0.125. The van der Waals surface area contributed by atoms with E-state index in [2.05, 4.69) is 26.3 Å². The number of fused-ring (bicyclic) bond motifs is 6. The van der Waals surface area contributed by atoms with Gasteiger partial charge >= 0.3 is 0 Å². The van der Waals surface area contributed by atoms with Crippen molar-refractivity contribution in [3.05, 3.63) is 35.9 Å². The van der Waals surface area contributed by atoms with Crippen molar-refractivity contribution in [1.82, 2.24) is 20.8 Å². The molecule has 0 radical (unpaired) electrons. The SMILES string of the molecule is O=C1CCCC(=O)C2CCCC2NNc2cc(nnn2)-c2cccc(c2)C(=O)CCC(=O)CC1. The highest BCUT2D eigenvalue weighted by Gasteiger charge is 2.32. The topological polar surface area (TPSA) is 131 Å². The van der Waals surface area contributed by atoms with Gasteiger partial charge in [-0.3, -0.25) is 19.2 Å². The van der Waals surface area contributed by atoms with E-state index in [1.807, 2.05) is 6.07 Å². The second-order valence-electron chi connectivity index (χ2n) is 9.02. The zero-order valence-electron chi connectivity index (χ0n) is 19.1. The molecule has 1 aromatic carbocycles. The van der Waals surface area contributed by atoms with Crippen LogP contribution in [0.2, 0.25) is 0 Å². The van der Waals surface area contributed by atoms with Crippen molar-refractivity contribution in [2.45, 2.75) is 70.3 Å². The van der Waals surface area contributed by atoms with E-state index in [0.29, 0.717) is 41.9 Å². The van der Waals surface area contributed by atoms with Crippen LogP contribution in [0.3, 0.4) is 0 Å². The fraction of sp³-hybridized carbons (Fsp3) is 0.480. The summed E-state index contributed by atoms with van der Waals surface area (Å²) < 4.78 is 0. The van der Waals surface area contributed by atoms with Crippen molar-refractivity contribution in [3.8, 4) is 11.3 Å². The molecule has 178 valence electrons. The summed E-state index contributed by atoms with van der Waals surface area (Å²) in [4.78, 5) is 49.8. The molecule has 2 unspecified atom stereocenters. The van der Waals surface area contributed by atoms with Crippen LogP contribution < -0.4 is 10.9 Å². The Labute approximate surface area is 198 Å². The van der Waals surface area contributed by atoms with Crippen molar-refractivity contribution in [3.63, 3.8) is 0 Å². The van der Waals surface area contributed by atoms with Crippen LogP contribution in [0.15, 0.2) is 30.3 Å². The van der Waals surface area contributed by atoms with Gasteiger partial charge in [0.05, 0.1) is 5.69 Å². The third-order valence-corrected chi connectivity index (χ3v) is 6.57. The molecule has 2 N–H and O–H groups in total. The molecule has 2 heterocycles. The molecule has 0 spiro atoms. The van der Waals surface area contributed by atoms with E-state index in [1.54, 1.807) is 24.3 Å². The number of aromatic nitrogens is 3. The summed E-state index contributed by atoms with van der Waals surface area (Å²) in [5, 5.41) is 11.9. The Kier molecular flexibility index (Phi) is 7.84. The molecule has 1 fully saturated rings. The van der Waals surface area contributed by atoms with Crippen LogP contribution in [0, 0.1) is 5.92 Å². The Balaban J connectivity index is 1.55. The maximum Gasteiger partial charge on any atom is 0.166 e. The number of rotatable bonds is 0. The largest absolute Gasteiger partial charge is 0.304 e. The normalized spacial score (nSPS) is 23.1. The predicted molar refractivity (Wildman–Crippen MR) is 125 cm³/mol. The summed E-state index contributed by atoms with van der Waals surface area (Å²) in [7, 11) is 0. The summed E-state index contributed by atoms with van der Waals surface area (Å²) in [6, 6.07) is 8.73. The number of hydrazine groups is 1. The van der Waals surface area contributed by atoms with Crippen LogP contribution in [0.4, 0.5) is 5.82 Å². The minimum absolute atomic E-state index is 0.0146. The number of nitrogens with zero attached hydrogens (tertiary/aromatic N) is 3. The third kappa shape index (κ3) is 6.17. The van der Waals surface area contributed by atoms with Gasteiger partial charge in [0.15, 0.2) is 11.6 Å². The minimum Gasteiger partial charge on any atom is -0.304 e. The molecule has 1 aliphatic heterocycles. The molecule has 1 aromatic heterocycles. The second-order valence-corrected chi connectivity index (χ2v) is 9.02. The fourth-order valence-electron chi connectivity index (χ4n) is 4.62. The molecule has 34 heavy (non-hydrogen) atoms. The Hall–Kier alpha value is -3.33. The zero-order valence-corrected chi connectivity index (χ0v) is 19.1. The summed E-state index contributed by atoms with van der Waals surface area (Å²) in [6.07, 6.45) is 4.26. The van der Waals surface area contributed by atoms with E-state index in [4.69, 9.17) is 0 Å². The Morgan fingerprint density at radius 2 is 1.53 bits per heavy atom. The summed E-state index contributed by atoms with van der Waals surface area (Å²) >= 11 is 0. The lowest BCUT2D eigenvalue weighted by Crippen LogP contribution is -2.40. The molecule has 1 saturated carbocycles. The molecule has 9 nitrogen and oxygen atoms in total. The monoisotopic (exact) mass is 463 g/mol. The molecule has 2 aliphatic rings. The number of carbonyl (C=O) groups excluding carboxylic acids is 4. The van der Waals surface area contributed by atoms with Gasteiger partial charge in [-0.25, -0.2) is 5.43 Å². The second kappa shape index (κ2) is 11.2. The van der Waals surface area contributed by atoms with Crippen molar-refractivity contribution in [1.29, 1.82) is 0 Å². The van der Waals surface area contributed by atoms with Crippen LogP contribution in [0.25, 0.3) is 11.3 Å². The molecule has 4 bridgehead atoms. The van der Waals surface area contributed by atoms with Gasteiger partial charge in [0.2, 0.25) is 0 Å². The number of carbonyl (C=O) groups is 4. The van der Waals surface area contributed by atoms with Crippen LogP contribution in [0.5, 0.6) is 0 Å². The first-order chi connectivity index (χ1) is 16.5. The standard InChI is InChI=1S/C25H29N5O4/c31-18-6-2-9-24(34)20-7-3-8-21(20)26-28-25-15-22(27-30-29-25)16-4-1-5-17(14-16)23(33)13-12-19(32)11-10-18/h1,4-5,14-15,20-21,26H,2-3,6-13H2,(H,27,28,29). The van der Waals surface area contributed by atoms with E-state index in [-0.39, 0.29) is 60.8 Å². The van der Waals surface area contributed by atoms with Crippen LogP contribution >= 0.6 is 0 Å². The Morgan fingerprint density at radius 1 is 0.765 bits per heavy atom. The van der Waals surface area contributed by atoms with E-state index < -0.39 is 0 Å². The number of hydrogen-bond donors (Lipinski definition) is 2. The molecule has 9 heteroatoms. The molecule has 2 aromatic rings. The first-order valence-electron chi connectivity index (χ1n) is 11.9. The Bertz CT molecular complexity index is 1090. The van der Waals surface area contributed by atoms with Gasteiger partial charge < -0.3 is 5.43 Å². The minimum atomic E-state index is -0.139. The number of benzene rings is 1. The summed E-state index contributed by atoms with van der Waals surface area (Å²) in [6.45, 7) is 0. The highest BCUT2D eigenvalue weighted by atomic mass is 16.1. The van der Waals surface area contributed by atoms with Crippen LogP contribution in [-0.4, -0.2) is 44.6 Å². The van der Waals surface area contributed by atoms with E-state index in [0.717, 1.165) is 19.3 Å². The summed E-state index contributed by atoms with van der Waals surface area (Å²) in [5.74, 6) is 0.246. The molecule has 2 atom stereocenters. The van der Waals surface area contributed by atoms with Gasteiger partial charge in [0, 0.05) is 67.7 Å². The predicted octanol–water partition coefficient (Wildman–Crippen LogP) is 3.26. The van der Waals surface area contributed by atoms with Gasteiger partial charge in [-0.1, -0.05) is 24.6 Å². The van der Waals surface area contributed by atoms with Crippen molar-refractivity contribution < 1.29 is 19.2 Å². The number of ketones is 4. The summed E-state index contributed by atoms with van der Waals surface area (Å²) in [5.41, 5.74) is 8.03. The first-order valence-corrected chi connectivity index (χ1v) is 11.9. The Morgan fingerprint density at radius 3 is 2.38 bits per heavy atom. The number of nitrogens with one attached hydrogen (secondary N) is 2. The molecular weight excluding hydrogens is 434 g/mol. The first kappa shape index (κ1) is 23.8. The van der Waals surface area contributed by atoms with Gasteiger partial charge in [0.25, 0.3) is 0 Å². The van der Waals surface area contributed by atoms with Gasteiger partial charge in [-0.15, -0.1) is 10.2 Å². The molecule has 1 aliphatic carbocycles. The smallest absolute Gasteiger partial charge is 0.166 e.